The summed E-state index contributed by atoms with van der Waals surface area (Å²) in [5, 5.41) is 0. The van der Waals surface area contributed by atoms with Crippen LogP contribution < -0.4 is 0 Å². The fourth-order valence-electron chi connectivity index (χ4n) is 0.668. The van der Waals surface area contributed by atoms with Crippen LogP contribution in [0.2, 0.25) is 0 Å². The Bertz CT molecular complexity index is 251. The molecule has 1 nitrogen and oxygen atoms in total. The van der Waals surface area contributed by atoms with Crippen molar-refractivity contribution < 1.29 is 17.6 Å². The molecule has 1 aromatic rings. The zero-order chi connectivity index (χ0) is 9.41. The normalized spacial score (nSPS) is 13.4. The molecule has 6 heteroatoms. The van der Waals surface area contributed by atoms with E-state index in [2.05, 4.69) is 0 Å². The maximum absolute atomic E-state index is 12.7. The van der Waals surface area contributed by atoms with Crippen molar-refractivity contribution in [1.82, 2.24) is 4.57 Å². The van der Waals surface area contributed by atoms with Gasteiger partial charge in [-0.2, -0.15) is 17.6 Å². The first-order valence-electron chi connectivity index (χ1n) is 2.93. The summed E-state index contributed by atoms with van der Waals surface area (Å²) in [6, 6.07) is -1.75. The first-order chi connectivity index (χ1) is 5.36. The molecule has 0 aliphatic heterocycles. The van der Waals surface area contributed by atoms with Gasteiger partial charge in [0.05, 0.1) is 0 Å². The summed E-state index contributed by atoms with van der Waals surface area (Å²) in [4.78, 5) is -4.24. The van der Waals surface area contributed by atoms with Gasteiger partial charge in [-0.15, -0.1) is 0 Å². The van der Waals surface area contributed by atoms with E-state index in [4.69, 9.17) is 0 Å². The Labute approximate surface area is 74.1 Å². The molecule has 0 atom stereocenters. The van der Waals surface area contributed by atoms with Crippen LogP contribution in [0.25, 0.3) is 0 Å². The van der Waals surface area contributed by atoms with Gasteiger partial charge in [0.15, 0.2) is 0 Å². The minimum atomic E-state index is -4.24. The van der Waals surface area contributed by atoms with Gasteiger partial charge >= 0.3 is 10.9 Å². The fourth-order valence-corrected chi connectivity index (χ4v) is 0.873. The lowest BCUT2D eigenvalue weighted by atomic mass is 10.5. The van der Waals surface area contributed by atoms with Gasteiger partial charge in [-0.25, -0.2) is 0 Å². The van der Waals surface area contributed by atoms with Crippen LogP contribution in [0.1, 0.15) is 0 Å². The van der Waals surface area contributed by atoms with Crippen molar-refractivity contribution in [2.75, 3.05) is 0 Å². The number of halogens is 5. The monoisotopic (exact) mass is 245 g/mol. The molecular formula is C6H4BrF4N. The van der Waals surface area contributed by atoms with Gasteiger partial charge in [-0.3, -0.25) is 4.57 Å². The molecule has 68 valence electrons. The van der Waals surface area contributed by atoms with E-state index in [1.807, 2.05) is 0 Å². The van der Waals surface area contributed by atoms with E-state index in [9.17, 15) is 17.6 Å². The van der Waals surface area contributed by atoms with Gasteiger partial charge in [0.2, 0.25) is 0 Å². The van der Waals surface area contributed by atoms with Crippen molar-refractivity contribution in [3.63, 3.8) is 0 Å². The van der Waals surface area contributed by atoms with Crippen molar-refractivity contribution in [3.05, 3.63) is 24.5 Å². The van der Waals surface area contributed by atoms with Gasteiger partial charge in [0.1, 0.15) is 0 Å². The second-order valence-electron chi connectivity index (χ2n) is 2.13. The molecule has 0 saturated heterocycles. The third kappa shape index (κ3) is 1.48. The molecule has 0 aliphatic carbocycles. The molecular weight excluding hydrogens is 242 g/mol. The van der Waals surface area contributed by atoms with Crippen LogP contribution in [0.4, 0.5) is 17.6 Å². The molecule has 12 heavy (non-hydrogen) atoms. The van der Waals surface area contributed by atoms with E-state index in [0.717, 1.165) is 12.4 Å². The molecule has 0 N–H and O–H groups in total. The quantitative estimate of drug-likeness (QED) is 0.558. The molecule has 1 aromatic heterocycles. The zero-order valence-electron chi connectivity index (χ0n) is 5.65. The first kappa shape index (κ1) is 9.57. The summed E-state index contributed by atoms with van der Waals surface area (Å²) >= 11 is 1.62. The van der Waals surface area contributed by atoms with Crippen LogP contribution in [-0.2, 0) is 6.05 Å². The standard InChI is InChI=1S/C6H4BrF4N/c7-5(8,9)6(10,11)12-3-1-2-4-12/h1-4H. The molecule has 0 saturated carbocycles. The van der Waals surface area contributed by atoms with E-state index in [1.54, 1.807) is 15.9 Å². The van der Waals surface area contributed by atoms with E-state index in [0.29, 0.717) is 0 Å². The third-order valence-corrected chi connectivity index (χ3v) is 1.75. The van der Waals surface area contributed by atoms with Gasteiger partial charge in [0, 0.05) is 12.4 Å². The topological polar surface area (TPSA) is 4.93 Å². The third-order valence-electron chi connectivity index (χ3n) is 1.27. The zero-order valence-corrected chi connectivity index (χ0v) is 7.23. The lowest BCUT2D eigenvalue weighted by Crippen LogP contribution is -2.37. The second-order valence-corrected chi connectivity index (χ2v) is 3.13. The maximum atomic E-state index is 12.7. The van der Waals surface area contributed by atoms with E-state index >= 15 is 0 Å². The Kier molecular flexibility index (Phi) is 2.20. The molecule has 0 aromatic carbocycles. The smallest absolute Gasteiger partial charge is 0.290 e. The van der Waals surface area contributed by atoms with E-state index in [-0.39, 0.29) is 4.57 Å². The first-order valence-corrected chi connectivity index (χ1v) is 3.73. The lowest BCUT2D eigenvalue weighted by molar-refractivity contribution is -0.205. The highest BCUT2D eigenvalue weighted by atomic mass is 79.9. The highest BCUT2D eigenvalue weighted by Crippen LogP contribution is 2.42. The Morgan fingerprint density at radius 2 is 1.42 bits per heavy atom. The Hall–Kier alpha value is -0.520. The minimum Gasteiger partial charge on any atom is -0.290 e. The summed E-state index contributed by atoms with van der Waals surface area (Å²) in [5.74, 6) is 0. The number of alkyl halides is 5. The Balaban J connectivity index is 3.02. The van der Waals surface area contributed by atoms with Crippen molar-refractivity contribution in [1.29, 1.82) is 0 Å². The number of rotatable bonds is 2. The SMILES string of the molecule is FC(F)(Br)C(F)(F)n1cccc1. The lowest BCUT2D eigenvalue weighted by Gasteiger charge is -2.22. The maximum Gasteiger partial charge on any atom is 0.402 e. The largest absolute Gasteiger partial charge is 0.402 e. The molecule has 0 aliphatic rings. The van der Waals surface area contributed by atoms with Gasteiger partial charge in [-0.05, 0) is 28.1 Å². The van der Waals surface area contributed by atoms with Gasteiger partial charge in [0.25, 0.3) is 0 Å². The van der Waals surface area contributed by atoms with Crippen LogP contribution in [-0.4, -0.2) is 9.40 Å². The summed E-state index contributed by atoms with van der Waals surface area (Å²) in [7, 11) is 0. The van der Waals surface area contributed by atoms with E-state index < -0.39 is 10.9 Å². The average molecular weight is 246 g/mol. The van der Waals surface area contributed by atoms with E-state index in [1.165, 1.54) is 12.1 Å². The van der Waals surface area contributed by atoms with Crippen molar-refractivity contribution in [3.8, 4) is 0 Å². The fraction of sp³-hybridized carbons (Fsp3) is 0.333. The molecule has 1 heterocycles. The summed E-state index contributed by atoms with van der Waals surface area (Å²) in [6.45, 7) is 0. The second kappa shape index (κ2) is 2.76. The molecule has 0 amide bonds. The molecule has 0 bridgehead atoms. The minimum absolute atomic E-state index is 0.141. The number of aromatic nitrogens is 1. The summed E-state index contributed by atoms with van der Waals surface area (Å²) in [6.07, 6.45) is 1.74. The van der Waals surface area contributed by atoms with Crippen LogP contribution in [0.5, 0.6) is 0 Å². The number of hydrogen-bond acceptors (Lipinski definition) is 0. The van der Waals surface area contributed by atoms with Crippen LogP contribution in [0, 0.1) is 0 Å². The molecule has 1 rings (SSSR count). The average Bonchev–Trinajstić information content (AvgIpc) is 2.34. The van der Waals surface area contributed by atoms with Crippen LogP contribution in [0.3, 0.4) is 0 Å². The number of hydrogen-bond donors (Lipinski definition) is 0. The highest BCUT2D eigenvalue weighted by Gasteiger charge is 2.55. The predicted molar refractivity (Wildman–Crippen MR) is 38.5 cm³/mol. The van der Waals surface area contributed by atoms with Gasteiger partial charge in [-0.1, -0.05) is 0 Å². The summed E-state index contributed by atoms with van der Waals surface area (Å²) < 4.78 is 49.9. The predicted octanol–water partition coefficient (Wildman–Crippen LogP) is 3.03. The van der Waals surface area contributed by atoms with Crippen molar-refractivity contribution in [2.24, 2.45) is 0 Å². The molecule has 0 unspecified atom stereocenters. The molecule has 0 radical (unpaired) electrons. The Morgan fingerprint density at radius 3 is 1.75 bits per heavy atom. The van der Waals surface area contributed by atoms with Crippen LogP contribution >= 0.6 is 15.9 Å². The van der Waals surface area contributed by atoms with Crippen molar-refractivity contribution >= 4 is 15.9 Å². The summed E-state index contributed by atoms with van der Waals surface area (Å²) in [5.41, 5.74) is 0. The van der Waals surface area contributed by atoms with Crippen molar-refractivity contribution in [2.45, 2.75) is 10.9 Å². The molecule has 0 spiro atoms. The Morgan fingerprint density at radius 1 is 1.00 bits per heavy atom. The number of nitrogens with zero attached hydrogens (tertiary/aromatic N) is 1. The van der Waals surface area contributed by atoms with Crippen LogP contribution in [0.15, 0.2) is 24.5 Å². The molecule has 0 fully saturated rings. The highest BCUT2D eigenvalue weighted by molar-refractivity contribution is 9.10. The van der Waals surface area contributed by atoms with Gasteiger partial charge < -0.3 is 0 Å².